The number of rotatable bonds is 9. The molecule has 11 rings (SSSR count). The standard InChI is InChI=1S/C59H45FN2OSi/c1-64(2,3)49-32-29-46(30-33-49)61(44-21-12-6-13-22-44)48-31-34-50-54-35-42-27-28-47(38-52(42)51-25-16-26-56(58(51)54)63-57(50)39-48)62(45-23-14-7-15-24-45)59-53(41-19-10-5-11-20-41)36-43(37-55(59)60)40-17-8-4-9-18-40/h4-39H,1-3H3. The van der Waals surface area contributed by atoms with Crippen LogP contribution in [0.3, 0.4) is 0 Å². The molecule has 3 nitrogen and oxygen atoms in total. The van der Waals surface area contributed by atoms with E-state index in [-0.39, 0.29) is 5.82 Å². The molecular weight excluding hydrogens is 800 g/mol. The molecule has 308 valence electrons. The molecule has 0 fully saturated rings. The zero-order valence-electron chi connectivity index (χ0n) is 36.0. The third-order valence-electron chi connectivity index (χ3n) is 12.4. The van der Waals surface area contributed by atoms with Gasteiger partial charge in [-0.05, 0) is 123 Å². The predicted octanol–water partition coefficient (Wildman–Crippen LogP) is 16.7. The summed E-state index contributed by atoms with van der Waals surface area (Å²) in [7, 11) is -1.47. The number of anilines is 6. The summed E-state index contributed by atoms with van der Waals surface area (Å²) in [6.07, 6.45) is 0. The van der Waals surface area contributed by atoms with Gasteiger partial charge in [0, 0.05) is 51.0 Å². The average molecular weight is 845 g/mol. The van der Waals surface area contributed by atoms with Gasteiger partial charge in [-0.3, -0.25) is 0 Å². The van der Waals surface area contributed by atoms with Crippen LogP contribution in [0.1, 0.15) is 0 Å². The molecule has 0 atom stereocenters. The van der Waals surface area contributed by atoms with Crippen molar-refractivity contribution in [3.63, 3.8) is 0 Å². The van der Waals surface area contributed by atoms with Gasteiger partial charge >= 0.3 is 0 Å². The third kappa shape index (κ3) is 7.00. The summed E-state index contributed by atoms with van der Waals surface area (Å²) in [5.41, 5.74) is 11.1. The number of nitrogens with zero attached hydrogens (tertiary/aromatic N) is 2. The van der Waals surface area contributed by atoms with Gasteiger partial charge in [0.1, 0.15) is 17.3 Å². The van der Waals surface area contributed by atoms with Gasteiger partial charge < -0.3 is 14.5 Å². The zero-order valence-corrected chi connectivity index (χ0v) is 37.0. The summed E-state index contributed by atoms with van der Waals surface area (Å²) in [6.45, 7) is 7.14. The van der Waals surface area contributed by atoms with Crippen LogP contribution in [0.5, 0.6) is 11.5 Å². The second kappa shape index (κ2) is 15.9. The van der Waals surface area contributed by atoms with Crippen LogP contribution < -0.4 is 19.7 Å². The monoisotopic (exact) mass is 844 g/mol. The van der Waals surface area contributed by atoms with Crippen LogP contribution in [-0.4, -0.2) is 8.07 Å². The molecule has 0 N–H and O–H groups in total. The van der Waals surface area contributed by atoms with Crippen LogP contribution >= 0.6 is 0 Å². The lowest BCUT2D eigenvalue weighted by molar-refractivity contribution is 0.487. The Balaban J connectivity index is 1.05. The van der Waals surface area contributed by atoms with Gasteiger partial charge in [-0.1, -0.05) is 152 Å². The Morgan fingerprint density at radius 3 is 1.64 bits per heavy atom. The molecule has 1 aliphatic heterocycles. The van der Waals surface area contributed by atoms with E-state index in [1.807, 2.05) is 78.9 Å². The third-order valence-corrected chi connectivity index (χ3v) is 14.5. The van der Waals surface area contributed by atoms with Gasteiger partial charge in [0.15, 0.2) is 0 Å². The van der Waals surface area contributed by atoms with Crippen LogP contribution in [0.25, 0.3) is 54.9 Å². The summed E-state index contributed by atoms with van der Waals surface area (Å²) >= 11 is 0. The Bertz CT molecular complexity index is 3330. The van der Waals surface area contributed by atoms with E-state index < -0.39 is 8.07 Å². The van der Waals surface area contributed by atoms with Crippen molar-refractivity contribution in [3.8, 4) is 44.9 Å². The second-order valence-corrected chi connectivity index (χ2v) is 22.6. The number of ether oxygens (including phenoxy) is 1. The molecule has 0 saturated heterocycles. The summed E-state index contributed by atoms with van der Waals surface area (Å²) in [6, 6.07) is 75.3. The molecule has 1 heterocycles. The minimum absolute atomic E-state index is 0.306. The summed E-state index contributed by atoms with van der Waals surface area (Å²) < 4.78 is 24.1. The Morgan fingerprint density at radius 2 is 0.969 bits per heavy atom. The highest BCUT2D eigenvalue weighted by Crippen LogP contribution is 2.52. The number of hydrogen-bond donors (Lipinski definition) is 0. The molecule has 0 bridgehead atoms. The SMILES string of the molecule is C[Si](C)(C)c1ccc(N(c2ccccc2)c2ccc3c(c2)Oc2cccc4c2c-3cc2ccc(N(c3ccccc3)c3c(F)cc(-c5ccccc5)cc3-c3ccccc3)cc24)cc1. The van der Waals surface area contributed by atoms with Gasteiger partial charge in [0.25, 0.3) is 0 Å². The Morgan fingerprint density at radius 1 is 0.391 bits per heavy atom. The van der Waals surface area contributed by atoms with Crippen LogP contribution in [-0.2, 0) is 0 Å². The topological polar surface area (TPSA) is 15.7 Å². The first kappa shape index (κ1) is 39.1. The first-order valence-electron chi connectivity index (χ1n) is 21.9. The lowest BCUT2D eigenvalue weighted by Crippen LogP contribution is -2.37. The van der Waals surface area contributed by atoms with E-state index in [4.69, 9.17) is 4.74 Å². The van der Waals surface area contributed by atoms with Crippen LogP contribution in [0, 0.1) is 5.82 Å². The van der Waals surface area contributed by atoms with Crippen molar-refractivity contribution >= 4 is 68.9 Å². The van der Waals surface area contributed by atoms with Crippen molar-refractivity contribution in [2.24, 2.45) is 0 Å². The fourth-order valence-electron chi connectivity index (χ4n) is 9.26. The number of hydrogen-bond acceptors (Lipinski definition) is 3. The number of benzene rings is 10. The Hall–Kier alpha value is -7.73. The van der Waals surface area contributed by atoms with E-state index in [1.54, 1.807) is 6.07 Å². The van der Waals surface area contributed by atoms with Crippen molar-refractivity contribution in [1.82, 2.24) is 0 Å². The minimum atomic E-state index is -1.47. The minimum Gasteiger partial charge on any atom is -0.456 e. The van der Waals surface area contributed by atoms with E-state index in [0.29, 0.717) is 5.69 Å². The fraction of sp³-hybridized carbons (Fsp3) is 0.0508. The Labute approximate surface area is 374 Å². The van der Waals surface area contributed by atoms with E-state index in [2.05, 4.69) is 163 Å². The molecule has 0 spiro atoms. The summed E-state index contributed by atoms with van der Waals surface area (Å²) in [5, 5.41) is 5.71. The number of fused-ring (bicyclic) bond motifs is 4. The number of para-hydroxylation sites is 2. The van der Waals surface area contributed by atoms with Crippen molar-refractivity contribution in [2.45, 2.75) is 19.6 Å². The maximum atomic E-state index is 17.2. The molecule has 0 saturated carbocycles. The van der Waals surface area contributed by atoms with Gasteiger partial charge in [-0.15, -0.1) is 0 Å². The highest BCUT2D eigenvalue weighted by Gasteiger charge is 2.27. The lowest BCUT2D eigenvalue weighted by Gasteiger charge is -2.30. The first-order valence-corrected chi connectivity index (χ1v) is 25.4. The van der Waals surface area contributed by atoms with Gasteiger partial charge in [-0.2, -0.15) is 0 Å². The van der Waals surface area contributed by atoms with E-state index in [0.717, 1.165) is 94.9 Å². The van der Waals surface area contributed by atoms with E-state index >= 15 is 4.39 Å². The van der Waals surface area contributed by atoms with Crippen molar-refractivity contribution in [1.29, 1.82) is 0 Å². The lowest BCUT2D eigenvalue weighted by atomic mass is 9.90. The molecule has 0 aromatic heterocycles. The largest absolute Gasteiger partial charge is 0.456 e. The highest BCUT2D eigenvalue weighted by molar-refractivity contribution is 6.88. The fourth-order valence-corrected chi connectivity index (χ4v) is 10.4. The van der Waals surface area contributed by atoms with Gasteiger partial charge in [0.2, 0.25) is 0 Å². The summed E-state index contributed by atoms with van der Waals surface area (Å²) in [4.78, 5) is 4.36. The van der Waals surface area contributed by atoms with Crippen LogP contribution in [0.4, 0.5) is 38.5 Å². The van der Waals surface area contributed by atoms with Crippen LogP contribution in [0.15, 0.2) is 218 Å². The normalized spacial score (nSPS) is 11.9. The van der Waals surface area contributed by atoms with E-state index in [1.165, 1.54) is 5.19 Å². The number of halogens is 1. The molecular formula is C59H45FN2OSi. The molecule has 1 aliphatic rings. The highest BCUT2D eigenvalue weighted by atomic mass is 28.3. The molecule has 0 unspecified atom stereocenters. The average Bonchev–Trinajstić information content (AvgIpc) is 3.33. The molecule has 64 heavy (non-hydrogen) atoms. The van der Waals surface area contributed by atoms with E-state index in [9.17, 15) is 0 Å². The van der Waals surface area contributed by atoms with Crippen molar-refractivity contribution in [2.75, 3.05) is 9.80 Å². The predicted molar refractivity (Wildman–Crippen MR) is 270 cm³/mol. The molecule has 0 aliphatic carbocycles. The van der Waals surface area contributed by atoms with Gasteiger partial charge in [-0.25, -0.2) is 4.39 Å². The molecule has 0 radical (unpaired) electrons. The zero-order chi connectivity index (χ0) is 43.4. The quantitative estimate of drug-likeness (QED) is 0.106. The first-order chi connectivity index (χ1) is 31.3. The maximum Gasteiger partial charge on any atom is 0.148 e. The van der Waals surface area contributed by atoms with Gasteiger partial charge in [0.05, 0.1) is 13.8 Å². The molecule has 0 amide bonds. The van der Waals surface area contributed by atoms with Crippen LogP contribution in [0.2, 0.25) is 19.6 Å². The maximum absolute atomic E-state index is 17.2. The smallest absolute Gasteiger partial charge is 0.148 e. The molecule has 10 aromatic carbocycles. The molecule has 10 aromatic rings. The molecule has 5 heteroatoms. The van der Waals surface area contributed by atoms with Crippen molar-refractivity contribution < 1.29 is 9.13 Å². The van der Waals surface area contributed by atoms with Crippen molar-refractivity contribution in [3.05, 3.63) is 224 Å². The summed E-state index contributed by atoms with van der Waals surface area (Å²) in [5.74, 6) is 1.31. The second-order valence-electron chi connectivity index (χ2n) is 17.5. The Kier molecular flexibility index (Phi) is 9.71.